The van der Waals surface area contributed by atoms with Crippen molar-refractivity contribution in [2.45, 2.75) is 39.0 Å². The van der Waals surface area contributed by atoms with Crippen LogP contribution >= 0.6 is 11.8 Å². The third kappa shape index (κ3) is 8.34. The van der Waals surface area contributed by atoms with Gasteiger partial charge in [-0.25, -0.2) is 0 Å². The van der Waals surface area contributed by atoms with Crippen molar-refractivity contribution in [2.75, 3.05) is 18.8 Å². The van der Waals surface area contributed by atoms with Crippen LogP contribution in [0.2, 0.25) is 0 Å². The number of rotatable bonds is 12. The molecule has 0 bridgehead atoms. The maximum atomic E-state index is 13.0. The number of nitro groups is 1. The third-order valence-corrected chi connectivity index (χ3v) is 5.97. The van der Waals surface area contributed by atoms with E-state index >= 15 is 0 Å². The third-order valence-electron chi connectivity index (χ3n) is 4.98. The van der Waals surface area contributed by atoms with E-state index in [9.17, 15) is 19.7 Å². The largest absolute Gasteiger partial charge is 0.354 e. The number of benzene rings is 2. The highest BCUT2D eigenvalue weighted by molar-refractivity contribution is 7.99. The van der Waals surface area contributed by atoms with Gasteiger partial charge in [-0.15, -0.1) is 11.8 Å². The van der Waals surface area contributed by atoms with Crippen LogP contribution in [-0.4, -0.2) is 46.5 Å². The summed E-state index contributed by atoms with van der Waals surface area (Å²) in [5.74, 6) is 0.870. The van der Waals surface area contributed by atoms with Crippen molar-refractivity contribution in [1.82, 2.24) is 10.2 Å². The molecular weight excluding hydrogens is 426 g/mol. The van der Waals surface area contributed by atoms with Gasteiger partial charge in [0.1, 0.15) is 6.04 Å². The lowest BCUT2D eigenvalue weighted by atomic mass is 10.1. The number of nitro benzene ring substituents is 1. The van der Waals surface area contributed by atoms with Crippen LogP contribution in [-0.2, 0) is 21.8 Å². The molecule has 0 fully saturated rings. The van der Waals surface area contributed by atoms with Gasteiger partial charge in [-0.1, -0.05) is 56.3 Å². The zero-order chi connectivity index (χ0) is 23.5. The van der Waals surface area contributed by atoms with E-state index < -0.39 is 11.0 Å². The number of amides is 2. The van der Waals surface area contributed by atoms with E-state index in [1.54, 1.807) is 24.0 Å². The number of carbonyl (C=O) groups is 2. The first-order valence-corrected chi connectivity index (χ1v) is 11.9. The monoisotopic (exact) mass is 457 g/mol. The van der Waals surface area contributed by atoms with Crippen LogP contribution in [0, 0.1) is 16.0 Å². The second-order valence-electron chi connectivity index (χ2n) is 8.05. The van der Waals surface area contributed by atoms with Crippen molar-refractivity contribution in [3.63, 3.8) is 0 Å². The van der Waals surface area contributed by atoms with E-state index in [-0.39, 0.29) is 23.3 Å². The van der Waals surface area contributed by atoms with Crippen molar-refractivity contribution in [3.8, 4) is 0 Å². The van der Waals surface area contributed by atoms with Gasteiger partial charge in [-0.3, -0.25) is 19.7 Å². The van der Waals surface area contributed by atoms with Crippen molar-refractivity contribution in [1.29, 1.82) is 0 Å². The normalized spacial score (nSPS) is 11.8. The zero-order valence-electron chi connectivity index (χ0n) is 18.8. The number of nitrogens with one attached hydrogen (secondary N) is 1. The van der Waals surface area contributed by atoms with E-state index in [0.29, 0.717) is 31.2 Å². The summed E-state index contributed by atoms with van der Waals surface area (Å²) < 4.78 is 0. The molecule has 2 aromatic rings. The number of thioether (sulfide) groups is 1. The molecule has 0 saturated heterocycles. The molecule has 0 spiro atoms. The van der Waals surface area contributed by atoms with Gasteiger partial charge < -0.3 is 10.2 Å². The van der Waals surface area contributed by atoms with Gasteiger partial charge in [0.15, 0.2) is 0 Å². The molecule has 8 heteroatoms. The highest BCUT2D eigenvalue weighted by atomic mass is 32.2. The number of hydrogen-bond donors (Lipinski definition) is 1. The van der Waals surface area contributed by atoms with Crippen molar-refractivity contribution < 1.29 is 14.5 Å². The van der Waals surface area contributed by atoms with Gasteiger partial charge >= 0.3 is 0 Å². The van der Waals surface area contributed by atoms with Crippen LogP contribution in [0.4, 0.5) is 5.69 Å². The molecule has 0 radical (unpaired) electrons. The molecule has 1 atom stereocenters. The lowest BCUT2D eigenvalue weighted by Gasteiger charge is -2.29. The second kappa shape index (κ2) is 12.9. The standard InChI is InChI=1S/C24H31N3O4S/c1-18(2)15-25-24(29)19(3)26(14-13-20-7-5-4-6-8-20)23(28)17-32-16-21-9-11-22(12-10-21)27(30)31/h4-12,18-19H,13-17H2,1-3H3,(H,25,29)/t19-/m1/s1. The molecule has 2 rings (SSSR count). The molecule has 0 aliphatic carbocycles. The summed E-state index contributed by atoms with van der Waals surface area (Å²) in [5, 5.41) is 13.7. The Kier molecular flexibility index (Phi) is 10.2. The van der Waals surface area contributed by atoms with Crippen LogP contribution in [0.5, 0.6) is 0 Å². The molecule has 7 nitrogen and oxygen atoms in total. The van der Waals surface area contributed by atoms with E-state index in [0.717, 1.165) is 11.1 Å². The topological polar surface area (TPSA) is 92.6 Å². The maximum Gasteiger partial charge on any atom is 0.269 e. The fourth-order valence-electron chi connectivity index (χ4n) is 3.08. The first-order valence-electron chi connectivity index (χ1n) is 10.7. The van der Waals surface area contributed by atoms with Crippen LogP contribution in [0.1, 0.15) is 31.9 Å². The molecule has 0 aliphatic heterocycles. The number of non-ortho nitro benzene ring substituents is 1. The molecule has 0 aliphatic rings. The summed E-state index contributed by atoms with van der Waals surface area (Å²) >= 11 is 1.43. The first-order chi connectivity index (χ1) is 15.3. The van der Waals surface area contributed by atoms with E-state index in [2.05, 4.69) is 5.32 Å². The summed E-state index contributed by atoms with van der Waals surface area (Å²) in [6, 6.07) is 15.6. The van der Waals surface area contributed by atoms with E-state index in [1.165, 1.54) is 23.9 Å². The van der Waals surface area contributed by atoms with Gasteiger partial charge in [0.2, 0.25) is 11.8 Å². The molecule has 32 heavy (non-hydrogen) atoms. The molecular formula is C24H31N3O4S. The average molecular weight is 458 g/mol. The Morgan fingerprint density at radius 1 is 1.03 bits per heavy atom. The quantitative estimate of drug-likeness (QED) is 0.383. The summed E-state index contributed by atoms with van der Waals surface area (Å²) in [5.41, 5.74) is 2.06. The number of hydrogen-bond acceptors (Lipinski definition) is 5. The predicted molar refractivity (Wildman–Crippen MR) is 128 cm³/mol. The molecule has 2 aromatic carbocycles. The zero-order valence-corrected chi connectivity index (χ0v) is 19.6. The number of carbonyl (C=O) groups excluding carboxylic acids is 2. The fourth-order valence-corrected chi connectivity index (χ4v) is 3.95. The van der Waals surface area contributed by atoms with Gasteiger partial charge in [0.05, 0.1) is 10.7 Å². The maximum absolute atomic E-state index is 13.0. The van der Waals surface area contributed by atoms with Gasteiger partial charge in [0.25, 0.3) is 5.69 Å². The summed E-state index contributed by atoms with van der Waals surface area (Å²) in [7, 11) is 0. The lowest BCUT2D eigenvalue weighted by molar-refractivity contribution is -0.384. The highest BCUT2D eigenvalue weighted by Gasteiger charge is 2.25. The lowest BCUT2D eigenvalue weighted by Crippen LogP contribution is -2.50. The average Bonchev–Trinajstić information content (AvgIpc) is 2.78. The SMILES string of the molecule is CC(C)CNC(=O)[C@@H](C)N(CCc1ccccc1)C(=O)CSCc1ccc([N+](=O)[O-])cc1. The van der Waals surface area contributed by atoms with Crippen molar-refractivity contribution >= 4 is 29.3 Å². The molecule has 172 valence electrons. The minimum absolute atomic E-state index is 0.0446. The number of nitrogens with zero attached hydrogens (tertiary/aromatic N) is 2. The highest BCUT2D eigenvalue weighted by Crippen LogP contribution is 2.18. The summed E-state index contributed by atoms with van der Waals surface area (Å²) in [6.07, 6.45) is 0.668. The minimum atomic E-state index is -0.565. The molecule has 2 amide bonds. The Labute approximate surface area is 193 Å². The van der Waals surface area contributed by atoms with Crippen molar-refractivity contribution in [3.05, 3.63) is 75.8 Å². The van der Waals surface area contributed by atoms with Crippen LogP contribution in [0.25, 0.3) is 0 Å². The Hall–Kier alpha value is -2.87. The minimum Gasteiger partial charge on any atom is -0.354 e. The Morgan fingerprint density at radius 3 is 2.28 bits per heavy atom. The summed E-state index contributed by atoms with van der Waals surface area (Å²) in [6.45, 7) is 6.84. The van der Waals surface area contributed by atoms with E-state index in [4.69, 9.17) is 0 Å². The molecule has 0 aromatic heterocycles. The smallest absolute Gasteiger partial charge is 0.269 e. The molecule has 1 N–H and O–H groups in total. The van der Waals surface area contributed by atoms with Crippen molar-refractivity contribution in [2.24, 2.45) is 5.92 Å². The Morgan fingerprint density at radius 2 is 1.69 bits per heavy atom. The van der Waals surface area contributed by atoms with Crippen LogP contribution in [0.15, 0.2) is 54.6 Å². The second-order valence-corrected chi connectivity index (χ2v) is 9.04. The van der Waals surface area contributed by atoms with Gasteiger partial charge in [-0.2, -0.15) is 0 Å². The molecule has 0 heterocycles. The van der Waals surface area contributed by atoms with Gasteiger partial charge in [0, 0.05) is 31.0 Å². The molecule has 0 saturated carbocycles. The van der Waals surface area contributed by atoms with Crippen LogP contribution < -0.4 is 5.32 Å². The Bertz CT molecular complexity index is 888. The predicted octanol–water partition coefficient (Wildman–Crippen LogP) is 4.06. The Balaban J connectivity index is 1.98. The molecule has 0 unspecified atom stereocenters. The fraction of sp³-hybridized carbons (Fsp3) is 0.417. The van der Waals surface area contributed by atoms with Crippen LogP contribution in [0.3, 0.4) is 0 Å². The van der Waals surface area contributed by atoms with Gasteiger partial charge in [-0.05, 0) is 30.4 Å². The summed E-state index contributed by atoms with van der Waals surface area (Å²) in [4.78, 5) is 37.6. The van der Waals surface area contributed by atoms with E-state index in [1.807, 2.05) is 44.2 Å². The first kappa shape index (κ1) is 25.4.